The molecule has 1 N–H and O–H groups in total. The van der Waals surface area contributed by atoms with E-state index in [9.17, 15) is 4.79 Å². The first-order chi connectivity index (χ1) is 9.51. The lowest BCUT2D eigenvalue weighted by molar-refractivity contribution is 0.0696. The third kappa shape index (κ3) is 3.20. The Kier molecular flexibility index (Phi) is 4.46. The van der Waals surface area contributed by atoms with E-state index in [2.05, 4.69) is 20.9 Å². The van der Waals surface area contributed by atoms with Crippen LogP contribution in [0, 0.1) is 0 Å². The number of aromatic nitrogens is 1. The summed E-state index contributed by atoms with van der Waals surface area (Å²) in [5, 5.41) is 9.25. The molecule has 0 saturated heterocycles. The highest BCUT2D eigenvalue weighted by Crippen LogP contribution is 2.35. The molecule has 0 fully saturated rings. The van der Waals surface area contributed by atoms with Gasteiger partial charge in [0.25, 0.3) is 0 Å². The summed E-state index contributed by atoms with van der Waals surface area (Å²) in [4.78, 5) is 14.9. The predicted molar refractivity (Wildman–Crippen MR) is 77.0 cm³/mol. The van der Waals surface area contributed by atoms with Gasteiger partial charge in [-0.25, -0.2) is 9.78 Å². The van der Waals surface area contributed by atoms with Gasteiger partial charge in [-0.3, -0.25) is 0 Å². The van der Waals surface area contributed by atoms with E-state index in [4.69, 9.17) is 26.2 Å². The Bertz CT molecular complexity index is 663. The number of rotatable bonds is 4. The summed E-state index contributed by atoms with van der Waals surface area (Å²) in [6.45, 7) is 0. The van der Waals surface area contributed by atoms with Crippen molar-refractivity contribution in [3.05, 3.63) is 45.5 Å². The van der Waals surface area contributed by atoms with Crippen molar-refractivity contribution in [2.45, 2.75) is 0 Å². The Morgan fingerprint density at radius 1 is 1.35 bits per heavy atom. The first-order valence-corrected chi connectivity index (χ1v) is 6.58. The van der Waals surface area contributed by atoms with E-state index < -0.39 is 5.97 Å². The average Bonchev–Trinajstić information content (AvgIpc) is 2.42. The fourth-order valence-corrected chi connectivity index (χ4v) is 2.13. The lowest BCUT2D eigenvalue weighted by Crippen LogP contribution is -1.99. The maximum absolute atomic E-state index is 10.9. The molecule has 2 rings (SSSR count). The fourth-order valence-electron chi connectivity index (χ4n) is 1.47. The van der Waals surface area contributed by atoms with Crippen LogP contribution in [0.25, 0.3) is 0 Å². The maximum atomic E-state index is 10.9. The first-order valence-electron chi connectivity index (χ1n) is 5.41. The molecule has 1 aromatic heterocycles. The lowest BCUT2D eigenvalue weighted by atomic mass is 10.2. The Hall–Kier alpha value is -1.79. The van der Waals surface area contributed by atoms with Crippen LogP contribution in [-0.4, -0.2) is 23.2 Å². The summed E-state index contributed by atoms with van der Waals surface area (Å²) >= 11 is 9.25. The normalized spacial score (nSPS) is 10.2. The highest BCUT2D eigenvalue weighted by atomic mass is 79.9. The quantitative estimate of drug-likeness (QED) is 0.895. The van der Waals surface area contributed by atoms with Gasteiger partial charge in [-0.1, -0.05) is 11.6 Å². The number of aromatic carboxylic acids is 1. The number of pyridine rings is 1. The molecule has 7 heteroatoms. The maximum Gasteiger partial charge on any atom is 0.335 e. The number of carboxylic acid groups (broad SMARTS) is 1. The average molecular weight is 359 g/mol. The van der Waals surface area contributed by atoms with E-state index >= 15 is 0 Å². The monoisotopic (exact) mass is 357 g/mol. The van der Waals surface area contributed by atoms with Crippen molar-refractivity contribution < 1.29 is 19.4 Å². The van der Waals surface area contributed by atoms with Crippen LogP contribution in [0.4, 0.5) is 0 Å². The Balaban J connectivity index is 2.35. The van der Waals surface area contributed by atoms with Gasteiger partial charge < -0.3 is 14.6 Å². The lowest BCUT2D eigenvalue weighted by Gasteiger charge is -2.11. The topological polar surface area (TPSA) is 68.7 Å². The molecular weight excluding hydrogens is 350 g/mol. The molecule has 0 aliphatic heterocycles. The standard InChI is InChI=1S/C13H9BrClNO4/c1-19-11-4-7(13(17)18)2-3-10(11)20-12-9(15)5-8(14)6-16-12/h2-6H,1H3,(H,17,18). The second-order valence-corrected chi connectivity index (χ2v) is 5.04. The molecule has 0 amide bonds. The van der Waals surface area contributed by atoms with E-state index in [0.717, 1.165) is 4.47 Å². The number of ether oxygens (including phenoxy) is 2. The summed E-state index contributed by atoms with van der Waals surface area (Å²) in [5.74, 6) is -0.231. The van der Waals surface area contributed by atoms with Crippen LogP contribution in [-0.2, 0) is 0 Å². The van der Waals surface area contributed by atoms with E-state index in [1.165, 1.54) is 25.3 Å². The number of benzene rings is 1. The van der Waals surface area contributed by atoms with Gasteiger partial charge in [0.15, 0.2) is 11.5 Å². The molecule has 1 heterocycles. The van der Waals surface area contributed by atoms with Crippen molar-refractivity contribution in [1.82, 2.24) is 4.98 Å². The van der Waals surface area contributed by atoms with Gasteiger partial charge in [-0.05, 0) is 40.2 Å². The molecule has 0 aliphatic carbocycles. The van der Waals surface area contributed by atoms with Crippen LogP contribution in [0.5, 0.6) is 17.4 Å². The van der Waals surface area contributed by atoms with Gasteiger partial charge in [0, 0.05) is 10.7 Å². The van der Waals surface area contributed by atoms with Crippen molar-refractivity contribution in [3.8, 4) is 17.4 Å². The summed E-state index contributed by atoms with van der Waals surface area (Å²) < 4.78 is 11.4. The number of methoxy groups -OCH3 is 1. The van der Waals surface area contributed by atoms with Gasteiger partial charge in [0.1, 0.15) is 5.02 Å². The van der Waals surface area contributed by atoms with Crippen LogP contribution < -0.4 is 9.47 Å². The number of halogens is 2. The Morgan fingerprint density at radius 2 is 2.10 bits per heavy atom. The highest BCUT2D eigenvalue weighted by Gasteiger charge is 2.13. The number of nitrogens with zero attached hydrogens (tertiary/aromatic N) is 1. The molecule has 0 radical (unpaired) electrons. The molecular formula is C13H9BrClNO4. The summed E-state index contributed by atoms with van der Waals surface area (Å²) in [7, 11) is 1.42. The van der Waals surface area contributed by atoms with Crippen LogP contribution in [0.2, 0.25) is 5.02 Å². The van der Waals surface area contributed by atoms with Gasteiger partial charge in [-0.15, -0.1) is 0 Å². The highest BCUT2D eigenvalue weighted by molar-refractivity contribution is 9.10. The third-order valence-corrected chi connectivity index (χ3v) is 3.10. The number of carbonyl (C=O) groups is 1. The van der Waals surface area contributed by atoms with Gasteiger partial charge >= 0.3 is 5.97 Å². The zero-order valence-corrected chi connectivity index (χ0v) is 12.6. The van der Waals surface area contributed by atoms with Crippen LogP contribution >= 0.6 is 27.5 Å². The molecule has 2 aromatic rings. The Morgan fingerprint density at radius 3 is 2.70 bits per heavy atom. The predicted octanol–water partition coefficient (Wildman–Crippen LogP) is 4.00. The van der Waals surface area contributed by atoms with Crippen molar-refractivity contribution in [2.75, 3.05) is 7.11 Å². The zero-order chi connectivity index (χ0) is 14.7. The van der Waals surface area contributed by atoms with Crippen molar-refractivity contribution in [3.63, 3.8) is 0 Å². The molecule has 0 saturated carbocycles. The second kappa shape index (κ2) is 6.11. The van der Waals surface area contributed by atoms with Gasteiger partial charge in [0.2, 0.25) is 5.88 Å². The molecule has 20 heavy (non-hydrogen) atoms. The van der Waals surface area contributed by atoms with E-state index in [0.29, 0.717) is 10.8 Å². The third-order valence-electron chi connectivity index (χ3n) is 2.39. The summed E-state index contributed by atoms with van der Waals surface area (Å²) in [5.41, 5.74) is 0.101. The Labute approximate surface area is 128 Å². The molecule has 0 spiro atoms. The van der Waals surface area contributed by atoms with Crippen LogP contribution in [0.1, 0.15) is 10.4 Å². The largest absolute Gasteiger partial charge is 0.493 e. The number of hydrogen-bond acceptors (Lipinski definition) is 4. The second-order valence-electron chi connectivity index (χ2n) is 3.71. The molecule has 104 valence electrons. The molecule has 0 aliphatic rings. The van der Waals surface area contributed by atoms with Crippen molar-refractivity contribution >= 4 is 33.5 Å². The first kappa shape index (κ1) is 14.6. The summed E-state index contributed by atoms with van der Waals surface area (Å²) in [6, 6.07) is 5.90. The van der Waals surface area contributed by atoms with Gasteiger partial charge in [0.05, 0.1) is 12.7 Å². The van der Waals surface area contributed by atoms with E-state index in [-0.39, 0.29) is 17.2 Å². The van der Waals surface area contributed by atoms with Crippen molar-refractivity contribution in [1.29, 1.82) is 0 Å². The van der Waals surface area contributed by atoms with Crippen LogP contribution in [0.15, 0.2) is 34.9 Å². The number of carboxylic acids is 1. The minimum Gasteiger partial charge on any atom is -0.493 e. The van der Waals surface area contributed by atoms with Gasteiger partial charge in [-0.2, -0.15) is 0 Å². The smallest absolute Gasteiger partial charge is 0.335 e. The van der Waals surface area contributed by atoms with Crippen molar-refractivity contribution in [2.24, 2.45) is 0 Å². The van der Waals surface area contributed by atoms with E-state index in [1.807, 2.05) is 0 Å². The molecule has 0 bridgehead atoms. The minimum atomic E-state index is -1.05. The fraction of sp³-hybridized carbons (Fsp3) is 0.0769. The molecule has 5 nitrogen and oxygen atoms in total. The molecule has 1 aromatic carbocycles. The number of hydrogen-bond donors (Lipinski definition) is 1. The van der Waals surface area contributed by atoms with E-state index in [1.54, 1.807) is 12.3 Å². The van der Waals surface area contributed by atoms with Crippen LogP contribution in [0.3, 0.4) is 0 Å². The SMILES string of the molecule is COc1cc(C(=O)O)ccc1Oc1ncc(Br)cc1Cl. The zero-order valence-electron chi connectivity index (χ0n) is 10.3. The molecule has 0 atom stereocenters. The minimum absolute atomic E-state index is 0.101. The summed E-state index contributed by atoms with van der Waals surface area (Å²) in [6.07, 6.45) is 1.54. The molecule has 0 unspecified atom stereocenters.